The number of amides is 1. The quantitative estimate of drug-likeness (QED) is 0.159. The van der Waals surface area contributed by atoms with Crippen LogP contribution in [-0.2, 0) is 29.1 Å². The van der Waals surface area contributed by atoms with Crippen molar-refractivity contribution in [2.24, 2.45) is 0 Å². The number of fused-ring (bicyclic) bond motifs is 1. The first kappa shape index (κ1) is 27.7. The van der Waals surface area contributed by atoms with Crippen LogP contribution < -0.4 is 14.8 Å². The Kier molecular flexibility index (Phi) is 8.09. The second-order valence-electron chi connectivity index (χ2n) is 10.7. The lowest BCUT2D eigenvalue weighted by atomic mass is 10.0. The number of anilines is 2. The maximum Gasteiger partial charge on any atom is 0.370 e. The molecule has 0 atom stereocenters. The van der Waals surface area contributed by atoms with Crippen molar-refractivity contribution >= 4 is 34.9 Å². The number of rotatable bonds is 9. The molecule has 0 bridgehead atoms. The molecule has 5 aromatic rings. The molecule has 212 valence electrons. The van der Waals surface area contributed by atoms with Gasteiger partial charge in [0.25, 0.3) is 5.91 Å². The van der Waals surface area contributed by atoms with Crippen molar-refractivity contribution < 1.29 is 19.3 Å². The van der Waals surface area contributed by atoms with Crippen LogP contribution in [0.25, 0.3) is 22.8 Å². The number of aliphatic carboxylic acids is 1. The molecule has 1 aliphatic rings. The smallest absolute Gasteiger partial charge is 0.370 e. The minimum absolute atomic E-state index is 0.145. The Morgan fingerprint density at radius 2 is 1.49 bits per heavy atom. The van der Waals surface area contributed by atoms with E-state index in [1.807, 2.05) is 42.5 Å². The van der Waals surface area contributed by atoms with Crippen molar-refractivity contribution in [3.63, 3.8) is 0 Å². The molecule has 2 heterocycles. The zero-order valence-electron chi connectivity index (χ0n) is 23.7. The molecular weight excluding hydrogens is 534 g/mol. The van der Waals surface area contributed by atoms with Crippen LogP contribution >= 0.6 is 0 Å². The summed E-state index contributed by atoms with van der Waals surface area (Å²) >= 11 is 0. The molecule has 0 radical (unpaired) electrons. The van der Waals surface area contributed by atoms with Gasteiger partial charge in [0.15, 0.2) is 12.4 Å². The molecule has 0 spiro atoms. The zero-order chi connectivity index (χ0) is 29.6. The van der Waals surface area contributed by atoms with Crippen molar-refractivity contribution in [2.45, 2.75) is 19.5 Å². The van der Waals surface area contributed by atoms with Crippen molar-refractivity contribution in [3.8, 4) is 11.1 Å². The second-order valence-corrected chi connectivity index (χ2v) is 10.7. The van der Waals surface area contributed by atoms with E-state index in [1.165, 1.54) is 27.9 Å². The summed E-state index contributed by atoms with van der Waals surface area (Å²) in [4.78, 5) is 27.0. The number of hydrogen-bond donors (Lipinski definition) is 2. The summed E-state index contributed by atoms with van der Waals surface area (Å²) in [5.41, 5.74) is 9.01. The summed E-state index contributed by atoms with van der Waals surface area (Å²) in [5, 5.41) is 12.1. The fraction of sp³-hybridized carbons (Fsp3) is 0.108. The molecule has 1 amide bonds. The highest BCUT2D eigenvalue weighted by molar-refractivity contribution is 6.29. The maximum atomic E-state index is 13.5. The Labute approximate surface area is 251 Å². The molecule has 1 aliphatic heterocycles. The highest BCUT2D eigenvalue weighted by atomic mass is 16.4. The number of carboxylic acids is 1. The van der Waals surface area contributed by atoms with Gasteiger partial charge in [0.1, 0.15) is 0 Å². The minimum atomic E-state index is -0.924. The highest BCUT2D eigenvalue weighted by Crippen LogP contribution is 2.32. The summed E-state index contributed by atoms with van der Waals surface area (Å²) in [6.07, 6.45) is 6.20. The van der Waals surface area contributed by atoms with Crippen molar-refractivity contribution in [2.75, 3.05) is 16.8 Å². The Hall–Kier alpha value is -5.49. The summed E-state index contributed by atoms with van der Waals surface area (Å²) in [6.45, 7) is 1.63. The molecule has 4 aromatic carbocycles. The Bertz CT molecular complexity index is 1760. The van der Waals surface area contributed by atoms with E-state index in [-0.39, 0.29) is 12.5 Å². The number of hydrogen-bond acceptors (Lipinski definition) is 3. The minimum Gasteiger partial charge on any atom is -0.477 e. The van der Waals surface area contributed by atoms with E-state index in [2.05, 4.69) is 76.9 Å². The van der Waals surface area contributed by atoms with Gasteiger partial charge in [-0.15, -0.1) is 0 Å². The molecule has 1 aromatic heterocycles. The third kappa shape index (κ3) is 6.71. The largest absolute Gasteiger partial charge is 0.477 e. The van der Waals surface area contributed by atoms with Gasteiger partial charge < -0.3 is 15.3 Å². The van der Waals surface area contributed by atoms with Crippen LogP contribution in [0.2, 0.25) is 0 Å². The SMILES string of the molecule is O=C(O)C[n+]1ccc(/C(=C/c2ccc3c(c2)CCN3Cc2ccc(-c3ccccc3)cc2)C(=O)Nc2ccccc2)cc1. The molecule has 6 rings (SSSR count). The molecule has 6 heteroatoms. The second kappa shape index (κ2) is 12.6. The van der Waals surface area contributed by atoms with Gasteiger partial charge in [-0.3, -0.25) is 4.79 Å². The van der Waals surface area contributed by atoms with Crippen LogP contribution in [0.1, 0.15) is 22.3 Å². The molecule has 0 unspecified atom stereocenters. The van der Waals surface area contributed by atoms with Crippen LogP contribution in [0, 0.1) is 0 Å². The predicted molar refractivity (Wildman–Crippen MR) is 170 cm³/mol. The van der Waals surface area contributed by atoms with Gasteiger partial charge in [-0.2, -0.15) is 4.57 Å². The lowest BCUT2D eigenvalue weighted by molar-refractivity contribution is -0.685. The summed E-state index contributed by atoms with van der Waals surface area (Å²) in [6, 6.07) is 38.4. The van der Waals surface area contributed by atoms with E-state index >= 15 is 0 Å². The molecular formula is C37H32N3O3+. The van der Waals surface area contributed by atoms with Crippen LogP contribution in [0.5, 0.6) is 0 Å². The highest BCUT2D eigenvalue weighted by Gasteiger charge is 2.21. The van der Waals surface area contributed by atoms with Gasteiger partial charge in [0.05, 0.1) is 0 Å². The van der Waals surface area contributed by atoms with Gasteiger partial charge >= 0.3 is 5.97 Å². The van der Waals surface area contributed by atoms with Gasteiger partial charge in [0, 0.05) is 42.2 Å². The van der Waals surface area contributed by atoms with Crippen LogP contribution in [-0.4, -0.2) is 23.5 Å². The van der Waals surface area contributed by atoms with E-state index in [4.69, 9.17) is 5.11 Å². The lowest BCUT2D eigenvalue weighted by Crippen LogP contribution is -2.37. The lowest BCUT2D eigenvalue weighted by Gasteiger charge is -2.20. The molecule has 0 fully saturated rings. The number of benzene rings is 4. The van der Waals surface area contributed by atoms with Crippen molar-refractivity contribution in [1.29, 1.82) is 0 Å². The number of carbonyl (C=O) groups excluding carboxylic acids is 1. The molecule has 0 aliphatic carbocycles. The Balaban J connectivity index is 1.23. The summed E-state index contributed by atoms with van der Waals surface area (Å²) < 4.78 is 1.57. The number of carbonyl (C=O) groups is 2. The fourth-order valence-corrected chi connectivity index (χ4v) is 5.46. The van der Waals surface area contributed by atoms with Crippen molar-refractivity contribution in [1.82, 2.24) is 0 Å². The maximum absolute atomic E-state index is 13.5. The molecule has 43 heavy (non-hydrogen) atoms. The van der Waals surface area contributed by atoms with Gasteiger partial charge in [-0.05, 0) is 70.1 Å². The van der Waals surface area contributed by atoms with E-state index < -0.39 is 5.97 Å². The van der Waals surface area contributed by atoms with Crippen molar-refractivity contribution in [3.05, 3.63) is 150 Å². The first-order valence-electron chi connectivity index (χ1n) is 14.3. The van der Waals surface area contributed by atoms with E-state index in [9.17, 15) is 9.59 Å². The number of pyridine rings is 1. The standard InChI is InChI=1S/C37H31N3O3/c41-36(42)26-39-20-17-31(18-21-39)34(37(43)38-33-9-5-2-6-10-33)24-28-13-16-35-32(23-28)19-22-40(35)25-27-11-14-30(15-12-27)29-7-3-1-4-8-29/h1-18,20-21,23-24H,19,22,25-26H2,(H-,38,41,42,43)/p+1. The number of para-hydroxylation sites is 1. The van der Waals surface area contributed by atoms with Gasteiger partial charge in [-0.25, -0.2) is 4.79 Å². The van der Waals surface area contributed by atoms with E-state index in [1.54, 1.807) is 29.1 Å². The van der Waals surface area contributed by atoms with E-state index in [0.717, 1.165) is 25.1 Å². The molecule has 0 saturated heterocycles. The Morgan fingerprint density at radius 1 is 0.814 bits per heavy atom. The molecule has 2 N–H and O–H groups in total. The normalized spacial score (nSPS) is 12.6. The molecule has 0 saturated carbocycles. The van der Waals surface area contributed by atoms with E-state index in [0.29, 0.717) is 16.8 Å². The first-order valence-corrected chi connectivity index (χ1v) is 14.3. The number of nitrogens with one attached hydrogen (secondary N) is 1. The number of nitrogens with zero attached hydrogens (tertiary/aromatic N) is 2. The first-order chi connectivity index (χ1) is 21.0. The van der Waals surface area contributed by atoms with Gasteiger partial charge in [0.2, 0.25) is 6.54 Å². The van der Waals surface area contributed by atoms with Gasteiger partial charge in [-0.1, -0.05) is 78.9 Å². The monoisotopic (exact) mass is 566 g/mol. The average Bonchev–Trinajstić information content (AvgIpc) is 3.43. The Morgan fingerprint density at radius 3 is 2.19 bits per heavy atom. The number of carboxylic acid groups (broad SMARTS) is 1. The van der Waals surface area contributed by atoms with Crippen LogP contribution in [0.3, 0.4) is 0 Å². The van der Waals surface area contributed by atoms with Crippen LogP contribution in [0.4, 0.5) is 11.4 Å². The third-order valence-corrected chi connectivity index (χ3v) is 7.64. The summed E-state index contributed by atoms with van der Waals surface area (Å²) in [5.74, 6) is -1.16. The summed E-state index contributed by atoms with van der Waals surface area (Å²) in [7, 11) is 0. The fourth-order valence-electron chi connectivity index (χ4n) is 5.46. The predicted octanol–water partition coefficient (Wildman–Crippen LogP) is 6.47. The topological polar surface area (TPSA) is 73.5 Å². The molecule has 6 nitrogen and oxygen atoms in total. The number of aromatic nitrogens is 1. The van der Waals surface area contributed by atoms with Crippen LogP contribution in [0.15, 0.2) is 128 Å². The third-order valence-electron chi connectivity index (χ3n) is 7.64. The average molecular weight is 567 g/mol. The zero-order valence-corrected chi connectivity index (χ0v) is 23.7.